The lowest BCUT2D eigenvalue weighted by Crippen LogP contribution is -2.13. The van der Waals surface area contributed by atoms with Gasteiger partial charge >= 0.3 is 5.97 Å². The van der Waals surface area contributed by atoms with Gasteiger partial charge in [0.15, 0.2) is 5.13 Å². The van der Waals surface area contributed by atoms with E-state index in [-0.39, 0.29) is 28.4 Å². The number of ether oxygens (including phenoxy) is 1. The Morgan fingerprint density at radius 2 is 1.84 bits per heavy atom. The van der Waals surface area contributed by atoms with E-state index < -0.39 is 34.9 Å². The van der Waals surface area contributed by atoms with Crippen LogP contribution >= 0.6 is 11.3 Å². The predicted molar refractivity (Wildman–Crippen MR) is 137 cm³/mol. The van der Waals surface area contributed by atoms with Crippen molar-refractivity contribution in [2.24, 2.45) is 5.92 Å². The van der Waals surface area contributed by atoms with Gasteiger partial charge in [-0.3, -0.25) is 10.1 Å². The molecule has 196 valence electrons. The van der Waals surface area contributed by atoms with Crippen molar-refractivity contribution in [3.63, 3.8) is 0 Å². The van der Waals surface area contributed by atoms with E-state index in [0.29, 0.717) is 23.8 Å². The number of carbonyl (C=O) groups is 2. The number of aromatic nitrogens is 1. The van der Waals surface area contributed by atoms with Crippen molar-refractivity contribution in [3.05, 3.63) is 75.4 Å². The normalized spacial score (nSPS) is 11.7. The van der Waals surface area contributed by atoms with Crippen molar-refractivity contribution in [1.29, 1.82) is 0 Å². The molecule has 0 bridgehead atoms. The molecule has 2 aromatic carbocycles. The number of anilines is 1. The van der Waals surface area contributed by atoms with Crippen LogP contribution in [-0.4, -0.2) is 28.6 Å². The molecular weight excluding hydrogens is 505 g/mol. The number of nitrogens with one attached hydrogen (secondary N) is 1. The lowest BCUT2D eigenvalue weighted by molar-refractivity contribution is -0.132. The molecule has 0 saturated carbocycles. The number of carboxylic acid groups (broad SMARTS) is 1. The summed E-state index contributed by atoms with van der Waals surface area (Å²) in [5, 5.41) is 13.0. The van der Waals surface area contributed by atoms with Crippen LogP contribution in [0.2, 0.25) is 0 Å². The zero-order valence-electron chi connectivity index (χ0n) is 20.6. The van der Waals surface area contributed by atoms with Crippen molar-refractivity contribution in [1.82, 2.24) is 4.98 Å². The average Bonchev–Trinajstić information content (AvgIpc) is 3.32. The Morgan fingerprint density at radius 1 is 1.16 bits per heavy atom. The molecule has 6 nitrogen and oxygen atoms in total. The topological polar surface area (TPSA) is 88.5 Å². The van der Waals surface area contributed by atoms with E-state index in [9.17, 15) is 18.4 Å². The van der Waals surface area contributed by atoms with Gasteiger partial charge < -0.3 is 9.84 Å². The highest BCUT2D eigenvalue weighted by Crippen LogP contribution is 2.29. The maximum Gasteiger partial charge on any atom is 0.331 e. The summed E-state index contributed by atoms with van der Waals surface area (Å²) in [6.45, 7) is 6.03. The molecule has 0 saturated heterocycles. The van der Waals surface area contributed by atoms with Crippen LogP contribution in [0.15, 0.2) is 41.3 Å². The largest absolute Gasteiger partial charge is 0.478 e. The van der Waals surface area contributed by atoms with Crippen molar-refractivity contribution in [2.75, 3.05) is 11.9 Å². The summed E-state index contributed by atoms with van der Waals surface area (Å²) in [6, 6.07) is 6.51. The van der Waals surface area contributed by atoms with Gasteiger partial charge in [-0.05, 0) is 37.1 Å². The highest BCUT2D eigenvalue weighted by Gasteiger charge is 2.18. The van der Waals surface area contributed by atoms with E-state index in [4.69, 9.17) is 9.84 Å². The number of benzene rings is 2. The Morgan fingerprint density at radius 3 is 2.46 bits per heavy atom. The fraction of sp³-hybridized carbons (Fsp3) is 0.296. The van der Waals surface area contributed by atoms with Crippen LogP contribution in [0.1, 0.15) is 55.1 Å². The number of aliphatic carboxylic acids is 1. The summed E-state index contributed by atoms with van der Waals surface area (Å²) < 4.78 is 49.6. The van der Waals surface area contributed by atoms with E-state index >= 15 is 4.39 Å². The van der Waals surface area contributed by atoms with E-state index in [0.717, 1.165) is 42.4 Å². The molecule has 0 atom stereocenters. The molecule has 0 spiro atoms. The van der Waals surface area contributed by atoms with Gasteiger partial charge in [0, 0.05) is 39.8 Å². The Balaban J connectivity index is 1.74. The molecule has 1 amide bonds. The first kappa shape index (κ1) is 28.1. The molecule has 3 rings (SSSR count). The summed E-state index contributed by atoms with van der Waals surface area (Å²) in [5.41, 5.74) is -0.226. The average molecular weight is 533 g/mol. The standard InChI is InChI=1S/C27H27F3N2O4S/c1-4-16(5-2)12-36-13-17-7-6-8-19(24(17)30)23-14-37-27(31-23)32-25(33)18-10-21(28)20(22(29)11-18)9-15(3)26(34)35/h6-11,14,16H,4-5,12-13H2,1-3H3,(H,34,35)(H,31,32,33). The molecular formula is C27H27F3N2O4S. The first-order chi connectivity index (χ1) is 17.6. The quantitative estimate of drug-likeness (QED) is 0.262. The second-order valence-corrected chi connectivity index (χ2v) is 9.31. The van der Waals surface area contributed by atoms with Gasteiger partial charge in [0.2, 0.25) is 0 Å². The minimum Gasteiger partial charge on any atom is -0.478 e. The summed E-state index contributed by atoms with van der Waals surface area (Å²) in [4.78, 5) is 27.7. The van der Waals surface area contributed by atoms with Gasteiger partial charge in [-0.2, -0.15) is 0 Å². The van der Waals surface area contributed by atoms with Crippen LogP contribution in [0.4, 0.5) is 18.3 Å². The third-order valence-corrected chi connectivity index (χ3v) is 6.64. The van der Waals surface area contributed by atoms with Crippen LogP contribution in [0.5, 0.6) is 0 Å². The Labute approximate surface area is 216 Å². The Kier molecular flexibility index (Phi) is 9.60. The second kappa shape index (κ2) is 12.6. The van der Waals surface area contributed by atoms with Crippen LogP contribution in [-0.2, 0) is 16.1 Å². The van der Waals surface area contributed by atoms with Crippen LogP contribution in [0.3, 0.4) is 0 Å². The number of carbonyl (C=O) groups excluding carboxylic acids is 1. The van der Waals surface area contributed by atoms with Crippen molar-refractivity contribution in [2.45, 2.75) is 40.2 Å². The smallest absolute Gasteiger partial charge is 0.331 e. The molecule has 0 aliphatic heterocycles. The molecule has 1 heterocycles. The van der Waals surface area contributed by atoms with Gasteiger partial charge in [-0.25, -0.2) is 22.9 Å². The van der Waals surface area contributed by atoms with E-state index in [1.54, 1.807) is 23.6 Å². The van der Waals surface area contributed by atoms with Crippen molar-refractivity contribution < 1.29 is 32.6 Å². The van der Waals surface area contributed by atoms with Gasteiger partial charge in [0.1, 0.15) is 17.5 Å². The van der Waals surface area contributed by atoms with Crippen LogP contribution in [0.25, 0.3) is 17.3 Å². The number of hydrogen-bond acceptors (Lipinski definition) is 5. The van der Waals surface area contributed by atoms with E-state index in [1.807, 2.05) is 0 Å². The maximum atomic E-state index is 15.1. The van der Waals surface area contributed by atoms with Crippen molar-refractivity contribution >= 4 is 34.4 Å². The molecule has 10 heteroatoms. The molecule has 0 aliphatic carbocycles. The summed E-state index contributed by atoms with van der Waals surface area (Å²) in [5.74, 6) is -4.38. The first-order valence-corrected chi connectivity index (χ1v) is 12.6. The number of rotatable bonds is 11. The van der Waals surface area contributed by atoms with E-state index in [2.05, 4.69) is 24.1 Å². The highest BCUT2D eigenvalue weighted by molar-refractivity contribution is 7.14. The molecule has 0 fully saturated rings. The molecule has 0 aliphatic rings. The highest BCUT2D eigenvalue weighted by atomic mass is 32.1. The molecule has 0 unspecified atom stereocenters. The first-order valence-electron chi connectivity index (χ1n) is 11.7. The number of carboxylic acids is 1. The van der Waals surface area contributed by atoms with Gasteiger partial charge in [-0.15, -0.1) is 11.3 Å². The van der Waals surface area contributed by atoms with Crippen molar-refractivity contribution in [3.8, 4) is 11.3 Å². The number of nitrogens with zero attached hydrogens (tertiary/aromatic N) is 1. The van der Waals surface area contributed by atoms with Gasteiger partial charge in [-0.1, -0.05) is 38.8 Å². The zero-order chi connectivity index (χ0) is 27.1. The molecule has 3 aromatic rings. The number of amides is 1. The molecule has 2 N–H and O–H groups in total. The third-order valence-electron chi connectivity index (χ3n) is 5.88. The van der Waals surface area contributed by atoms with Crippen LogP contribution < -0.4 is 5.32 Å². The fourth-order valence-corrected chi connectivity index (χ4v) is 4.21. The second-order valence-electron chi connectivity index (χ2n) is 8.45. The molecule has 0 radical (unpaired) electrons. The Bertz CT molecular complexity index is 1300. The van der Waals surface area contributed by atoms with Crippen LogP contribution in [0, 0.1) is 23.4 Å². The number of thiazole rings is 1. The third kappa shape index (κ3) is 7.05. The molecule has 37 heavy (non-hydrogen) atoms. The lowest BCUT2D eigenvalue weighted by Gasteiger charge is -2.13. The summed E-state index contributed by atoms with van der Waals surface area (Å²) >= 11 is 1.03. The van der Waals surface area contributed by atoms with Gasteiger partial charge in [0.25, 0.3) is 5.91 Å². The minimum atomic E-state index is -1.32. The Hall–Kier alpha value is -3.50. The zero-order valence-corrected chi connectivity index (χ0v) is 21.4. The summed E-state index contributed by atoms with van der Waals surface area (Å²) in [6.07, 6.45) is 2.82. The monoisotopic (exact) mass is 532 g/mol. The summed E-state index contributed by atoms with van der Waals surface area (Å²) in [7, 11) is 0. The minimum absolute atomic E-state index is 0.112. The van der Waals surface area contributed by atoms with E-state index in [1.165, 1.54) is 6.92 Å². The number of halogens is 3. The maximum absolute atomic E-state index is 15.1. The van der Waals surface area contributed by atoms with Gasteiger partial charge in [0.05, 0.1) is 12.3 Å². The number of hydrogen-bond donors (Lipinski definition) is 2. The molecule has 1 aromatic heterocycles. The lowest BCUT2D eigenvalue weighted by atomic mass is 10.1. The SMILES string of the molecule is CCC(CC)COCc1cccc(-c2csc(NC(=O)c3cc(F)c(C=C(C)C(=O)O)c(F)c3)n2)c1F. The predicted octanol–water partition coefficient (Wildman–Crippen LogP) is 6.92. The fourth-order valence-electron chi connectivity index (χ4n) is 3.50.